The van der Waals surface area contributed by atoms with Crippen molar-refractivity contribution in [2.75, 3.05) is 6.61 Å². The molecule has 0 bridgehead atoms. The zero-order chi connectivity index (χ0) is 13.8. The standard InChI is InChI=1S/C14H16N2O2S.ClH/c1-3-18-13-5-4-11(10(2)17)8-12(13)9-16-6-7-19-14(16)15;/h4-8,15H,3,9H2,1-2H3;1H/p-1. The predicted octanol–water partition coefficient (Wildman–Crippen LogP) is -0.317. The molecule has 0 aliphatic heterocycles. The number of Topliss-reactive ketones (excluding diaryl/α,β-unsaturated/α-hetero) is 1. The Morgan fingerprint density at radius 3 is 2.75 bits per heavy atom. The van der Waals surface area contributed by atoms with Crippen molar-refractivity contribution in [1.82, 2.24) is 4.57 Å². The summed E-state index contributed by atoms with van der Waals surface area (Å²) in [6.07, 6.45) is 1.86. The summed E-state index contributed by atoms with van der Waals surface area (Å²) in [7, 11) is 0. The van der Waals surface area contributed by atoms with Gasteiger partial charge in [-0.3, -0.25) is 10.2 Å². The van der Waals surface area contributed by atoms with E-state index < -0.39 is 0 Å². The van der Waals surface area contributed by atoms with Crippen LogP contribution in [-0.2, 0) is 6.54 Å². The monoisotopic (exact) mass is 311 g/mol. The molecule has 1 aromatic carbocycles. The lowest BCUT2D eigenvalue weighted by atomic mass is 10.1. The fourth-order valence-corrected chi connectivity index (χ4v) is 2.43. The predicted molar refractivity (Wildman–Crippen MR) is 74.9 cm³/mol. The third-order valence-electron chi connectivity index (χ3n) is 2.79. The quantitative estimate of drug-likeness (QED) is 0.770. The molecule has 6 heteroatoms. The average Bonchev–Trinajstić information content (AvgIpc) is 2.77. The summed E-state index contributed by atoms with van der Waals surface area (Å²) in [5, 5.41) is 9.66. The first kappa shape index (κ1) is 16.5. The third kappa shape index (κ3) is 3.71. The number of ether oxygens (including phenoxy) is 1. The third-order valence-corrected chi connectivity index (χ3v) is 3.50. The summed E-state index contributed by atoms with van der Waals surface area (Å²) in [6.45, 7) is 4.59. The number of hydrogen-bond acceptors (Lipinski definition) is 4. The summed E-state index contributed by atoms with van der Waals surface area (Å²) in [6, 6.07) is 5.44. The summed E-state index contributed by atoms with van der Waals surface area (Å²) in [5.41, 5.74) is 1.59. The number of carbonyl (C=O) groups excluding carboxylic acids is 1. The second kappa shape index (κ2) is 7.26. The zero-order valence-electron chi connectivity index (χ0n) is 11.4. The number of hydrogen-bond donors (Lipinski definition) is 1. The van der Waals surface area contributed by atoms with Gasteiger partial charge in [-0.1, -0.05) is 0 Å². The Labute approximate surface area is 127 Å². The maximum Gasteiger partial charge on any atom is 0.182 e. The molecule has 0 fully saturated rings. The zero-order valence-corrected chi connectivity index (χ0v) is 12.9. The Balaban J connectivity index is 0.00000200. The van der Waals surface area contributed by atoms with E-state index in [1.165, 1.54) is 11.3 Å². The van der Waals surface area contributed by atoms with E-state index >= 15 is 0 Å². The van der Waals surface area contributed by atoms with Crippen LogP contribution in [0.2, 0.25) is 0 Å². The van der Waals surface area contributed by atoms with Gasteiger partial charge in [-0.25, -0.2) is 0 Å². The number of thiazole rings is 1. The molecule has 0 amide bonds. The van der Waals surface area contributed by atoms with E-state index in [1.807, 2.05) is 35.2 Å². The minimum Gasteiger partial charge on any atom is -1.00 e. The van der Waals surface area contributed by atoms with E-state index in [2.05, 4.69) is 0 Å². The molecule has 0 radical (unpaired) electrons. The molecule has 4 nitrogen and oxygen atoms in total. The van der Waals surface area contributed by atoms with E-state index in [9.17, 15) is 4.79 Å². The van der Waals surface area contributed by atoms with Crippen molar-refractivity contribution in [3.63, 3.8) is 0 Å². The molecular weight excluding hydrogens is 296 g/mol. The Hall–Kier alpha value is -1.59. The molecule has 0 aliphatic carbocycles. The van der Waals surface area contributed by atoms with Gasteiger partial charge in [0.2, 0.25) is 0 Å². The highest BCUT2D eigenvalue weighted by molar-refractivity contribution is 7.06. The topological polar surface area (TPSA) is 55.1 Å². The van der Waals surface area contributed by atoms with Crippen molar-refractivity contribution < 1.29 is 21.9 Å². The second-order valence-corrected chi connectivity index (χ2v) is 5.04. The van der Waals surface area contributed by atoms with Gasteiger partial charge >= 0.3 is 0 Å². The molecule has 20 heavy (non-hydrogen) atoms. The maximum absolute atomic E-state index is 11.5. The van der Waals surface area contributed by atoms with Crippen molar-refractivity contribution in [2.24, 2.45) is 0 Å². The van der Waals surface area contributed by atoms with E-state index in [0.717, 1.165) is 11.3 Å². The van der Waals surface area contributed by atoms with Gasteiger partial charge in [0.15, 0.2) is 10.6 Å². The largest absolute Gasteiger partial charge is 1.00 e. The van der Waals surface area contributed by atoms with Crippen molar-refractivity contribution in [3.8, 4) is 5.75 Å². The number of carbonyl (C=O) groups is 1. The number of ketones is 1. The molecule has 0 spiro atoms. The molecule has 0 atom stereocenters. The van der Waals surface area contributed by atoms with Gasteiger partial charge in [-0.2, -0.15) is 0 Å². The Kier molecular flexibility index (Phi) is 5.98. The van der Waals surface area contributed by atoms with Crippen LogP contribution in [0.25, 0.3) is 0 Å². The molecule has 108 valence electrons. The minimum absolute atomic E-state index is 0. The fourth-order valence-electron chi connectivity index (χ4n) is 1.83. The molecular formula is C14H16ClN2O2S-. The van der Waals surface area contributed by atoms with Gasteiger partial charge in [0.25, 0.3) is 0 Å². The number of rotatable bonds is 5. The number of nitrogens with one attached hydrogen (secondary N) is 1. The summed E-state index contributed by atoms with van der Waals surface area (Å²) in [4.78, 5) is 11.9. The van der Waals surface area contributed by atoms with Crippen LogP contribution in [0.4, 0.5) is 0 Å². The van der Waals surface area contributed by atoms with Crippen LogP contribution >= 0.6 is 11.3 Å². The highest BCUT2D eigenvalue weighted by atomic mass is 35.5. The average molecular weight is 312 g/mol. The number of halogens is 1. The van der Waals surface area contributed by atoms with Crippen molar-refractivity contribution >= 4 is 17.1 Å². The highest BCUT2D eigenvalue weighted by Crippen LogP contribution is 2.21. The van der Waals surface area contributed by atoms with Gasteiger partial charge in [0.1, 0.15) is 5.75 Å². The first-order valence-electron chi connectivity index (χ1n) is 6.07. The van der Waals surface area contributed by atoms with Crippen LogP contribution in [0.3, 0.4) is 0 Å². The van der Waals surface area contributed by atoms with Crippen LogP contribution in [0.15, 0.2) is 29.8 Å². The van der Waals surface area contributed by atoms with E-state index in [1.54, 1.807) is 13.0 Å². The molecule has 1 heterocycles. The van der Waals surface area contributed by atoms with Gasteiger partial charge in [0, 0.05) is 22.7 Å². The number of benzene rings is 1. The lowest BCUT2D eigenvalue weighted by Gasteiger charge is -2.12. The van der Waals surface area contributed by atoms with Gasteiger partial charge in [0.05, 0.1) is 13.2 Å². The first-order chi connectivity index (χ1) is 9.11. The van der Waals surface area contributed by atoms with E-state index in [0.29, 0.717) is 23.5 Å². The summed E-state index contributed by atoms with van der Waals surface area (Å²) < 4.78 is 7.40. The van der Waals surface area contributed by atoms with Gasteiger partial charge in [-0.15, -0.1) is 11.3 Å². The Morgan fingerprint density at radius 1 is 1.45 bits per heavy atom. The minimum atomic E-state index is 0. The van der Waals surface area contributed by atoms with Gasteiger partial charge in [-0.05, 0) is 32.0 Å². The summed E-state index contributed by atoms with van der Waals surface area (Å²) >= 11 is 1.38. The first-order valence-corrected chi connectivity index (χ1v) is 6.95. The van der Waals surface area contributed by atoms with Crippen molar-refractivity contribution in [2.45, 2.75) is 20.4 Å². The molecule has 0 saturated heterocycles. The highest BCUT2D eigenvalue weighted by Gasteiger charge is 2.09. The molecule has 0 aliphatic rings. The number of nitrogens with zero attached hydrogens (tertiary/aromatic N) is 1. The van der Waals surface area contributed by atoms with Crippen LogP contribution in [0, 0.1) is 5.41 Å². The smallest absolute Gasteiger partial charge is 0.182 e. The van der Waals surface area contributed by atoms with Crippen LogP contribution in [0.1, 0.15) is 29.8 Å². The maximum atomic E-state index is 11.5. The lowest BCUT2D eigenvalue weighted by molar-refractivity contribution is -0.0000126. The Bertz CT molecular complexity index is 649. The van der Waals surface area contributed by atoms with Gasteiger partial charge < -0.3 is 21.7 Å². The van der Waals surface area contributed by atoms with Crippen LogP contribution < -0.4 is 21.9 Å². The molecule has 0 saturated carbocycles. The SMILES string of the molecule is CCOc1ccc(C(C)=O)cc1Cn1ccsc1=N.[Cl-]. The molecule has 0 unspecified atom stereocenters. The lowest BCUT2D eigenvalue weighted by Crippen LogP contribution is -3.00. The summed E-state index contributed by atoms with van der Waals surface area (Å²) in [5.74, 6) is 0.802. The molecule has 2 aromatic rings. The van der Waals surface area contributed by atoms with E-state index in [-0.39, 0.29) is 18.2 Å². The second-order valence-electron chi connectivity index (χ2n) is 4.15. The van der Waals surface area contributed by atoms with Crippen molar-refractivity contribution in [3.05, 3.63) is 45.7 Å². The molecule has 1 aromatic heterocycles. The van der Waals surface area contributed by atoms with Crippen molar-refractivity contribution in [1.29, 1.82) is 5.41 Å². The Morgan fingerprint density at radius 2 is 2.20 bits per heavy atom. The number of aromatic nitrogens is 1. The van der Waals surface area contributed by atoms with E-state index in [4.69, 9.17) is 10.1 Å². The molecule has 1 N–H and O–H groups in total. The normalized spacial score (nSPS) is 9.90. The fraction of sp³-hybridized carbons (Fsp3) is 0.286. The molecule has 2 rings (SSSR count). The van der Waals surface area contributed by atoms with Crippen LogP contribution in [-0.4, -0.2) is 17.0 Å². The van der Waals surface area contributed by atoms with Crippen LogP contribution in [0.5, 0.6) is 5.75 Å².